The van der Waals surface area contributed by atoms with Crippen molar-refractivity contribution >= 4 is 29.2 Å². The predicted molar refractivity (Wildman–Crippen MR) is 77.2 cm³/mol. The molecule has 0 saturated carbocycles. The van der Waals surface area contributed by atoms with Gasteiger partial charge in [0.25, 0.3) is 0 Å². The second kappa shape index (κ2) is 5.16. The van der Waals surface area contributed by atoms with Crippen LogP contribution in [0.4, 0.5) is 5.69 Å². The summed E-state index contributed by atoms with van der Waals surface area (Å²) in [4.78, 5) is 23.8. The second-order valence-corrected chi connectivity index (χ2v) is 5.65. The van der Waals surface area contributed by atoms with Crippen molar-refractivity contribution in [3.63, 3.8) is 0 Å². The van der Waals surface area contributed by atoms with E-state index < -0.39 is 30.0 Å². The minimum atomic E-state index is -1.02. The number of carboxylic acids is 1. The fraction of sp³-hybridized carbons (Fsp3) is 0.333. The van der Waals surface area contributed by atoms with Crippen LogP contribution in [0.3, 0.4) is 0 Å². The summed E-state index contributed by atoms with van der Waals surface area (Å²) in [5.74, 6) is -2.95. The van der Waals surface area contributed by atoms with Crippen LogP contribution in [0.2, 0.25) is 5.02 Å². The topological polar surface area (TPSA) is 75.6 Å². The third-order valence-electron chi connectivity index (χ3n) is 4.01. The number of halogens is 1. The van der Waals surface area contributed by atoms with E-state index in [-0.39, 0.29) is 5.91 Å². The van der Waals surface area contributed by atoms with Crippen molar-refractivity contribution in [3.05, 3.63) is 40.9 Å². The summed E-state index contributed by atoms with van der Waals surface area (Å²) in [7, 11) is 0. The standard InChI is InChI=1S/C15H14ClNO4/c1-7-8(16)3-2-4-9(7)17-14(18)12-10-5-6-11(21-10)13(12)15(19)20/h2-6,10-13H,1H3,(H,17,18)(H,19,20)/t10-,11-,12+,13+/m1/s1. The minimum Gasteiger partial charge on any atom is -0.481 e. The normalized spacial score (nSPS) is 29.6. The van der Waals surface area contributed by atoms with Gasteiger partial charge in [0.1, 0.15) is 5.92 Å². The molecule has 110 valence electrons. The van der Waals surface area contributed by atoms with E-state index in [0.29, 0.717) is 10.7 Å². The van der Waals surface area contributed by atoms with Gasteiger partial charge in [-0.15, -0.1) is 0 Å². The molecule has 2 N–H and O–H groups in total. The highest BCUT2D eigenvalue weighted by molar-refractivity contribution is 6.31. The molecule has 4 atom stereocenters. The third kappa shape index (κ3) is 2.32. The lowest BCUT2D eigenvalue weighted by Gasteiger charge is -2.21. The van der Waals surface area contributed by atoms with Gasteiger partial charge in [-0.05, 0) is 24.6 Å². The Kier molecular flexibility index (Phi) is 3.47. The Bertz CT molecular complexity index is 643. The molecule has 21 heavy (non-hydrogen) atoms. The number of fused-ring (bicyclic) bond motifs is 2. The lowest BCUT2D eigenvalue weighted by atomic mass is 9.82. The van der Waals surface area contributed by atoms with Gasteiger partial charge in [-0.2, -0.15) is 0 Å². The van der Waals surface area contributed by atoms with Crippen molar-refractivity contribution in [2.45, 2.75) is 19.1 Å². The summed E-state index contributed by atoms with van der Waals surface area (Å²) in [6, 6.07) is 5.20. The van der Waals surface area contributed by atoms with E-state index in [0.717, 1.165) is 5.56 Å². The molecule has 2 aliphatic rings. The van der Waals surface area contributed by atoms with Crippen molar-refractivity contribution in [2.24, 2.45) is 11.8 Å². The zero-order valence-corrected chi connectivity index (χ0v) is 12.0. The molecular weight excluding hydrogens is 294 g/mol. The second-order valence-electron chi connectivity index (χ2n) is 5.24. The average Bonchev–Trinajstić information content (AvgIpc) is 3.04. The summed E-state index contributed by atoms with van der Waals surface area (Å²) in [5, 5.41) is 12.6. The molecule has 2 aliphatic heterocycles. The van der Waals surface area contributed by atoms with E-state index in [2.05, 4.69) is 5.32 Å². The first kappa shape index (κ1) is 14.1. The highest BCUT2D eigenvalue weighted by Crippen LogP contribution is 2.40. The van der Waals surface area contributed by atoms with Gasteiger partial charge >= 0.3 is 5.97 Å². The number of hydrogen-bond acceptors (Lipinski definition) is 3. The van der Waals surface area contributed by atoms with Gasteiger partial charge in [-0.1, -0.05) is 29.8 Å². The summed E-state index contributed by atoms with van der Waals surface area (Å²) < 4.78 is 5.49. The monoisotopic (exact) mass is 307 g/mol. The van der Waals surface area contributed by atoms with E-state index >= 15 is 0 Å². The summed E-state index contributed by atoms with van der Waals surface area (Å²) in [6.45, 7) is 1.80. The number of ether oxygens (including phenoxy) is 1. The van der Waals surface area contributed by atoms with E-state index in [1.807, 2.05) is 0 Å². The van der Waals surface area contributed by atoms with E-state index in [1.165, 1.54) is 0 Å². The lowest BCUT2D eigenvalue weighted by molar-refractivity contribution is -0.145. The SMILES string of the molecule is Cc1c(Cl)cccc1NC(=O)[C@@H]1[C@@H](C(=O)O)[C@H]2C=C[C@H]1O2. The molecule has 0 spiro atoms. The van der Waals surface area contributed by atoms with Crippen LogP contribution in [0.25, 0.3) is 0 Å². The molecule has 1 aromatic carbocycles. The van der Waals surface area contributed by atoms with Crippen LogP contribution in [0.15, 0.2) is 30.4 Å². The van der Waals surface area contributed by atoms with E-state index in [9.17, 15) is 14.7 Å². The Hall–Kier alpha value is -1.85. The molecule has 1 fully saturated rings. The summed E-state index contributed by atoms with van der Waals surface area (Å²) >= 11 is 6.02. The average molecular weight is 308 g/mol. The molecule has 1 amide bonds. The molecule has 2 heterocycles. The Morgan fingerprint density at radius 3 is 2.57 bits per heavy atom. The number of nitrogens with one attached hydrogen (secondary N) is 1. The van der Waals surface area contributed by atoms with Crippen molar-refractivity contribution in [3.8, 4) is 0 Å². The van der Waals surface area contributed by atoms with E-state index in [1.54, 1.807) is 37.3 Å². The molecule has 0 unspecified atom stereocenters. The van der Waals surface area contributed by atoms with Gasteiger partial charge in [-0.25, -0.2) is 0 Å². The first-order chi connectivity index (χ1) is 9.99. The molecule has 2 bridgehead atoms. The fourth-order valence-electron chi connectivity index (χ4n) is 2.87. The van der Waals surface area contributed by atoms with Crippen molar-refractivity contribution in [1.29, 1.82) is 0 Å². The smallest absolute Gasteiger partial charge is 0.310 e. The van der Waals surface area contributed by atoms with Crippen LogP contribution in [0.1, 0.15) is 5.56 Å². The highest BCUT2D eigenvalue weighted by atomic mass is 35.5. The number of amides is 1. The number of benzene rings is 1. The molecule has 1 saturated heterocycles. The van der Waals surface area contributed by atoms with Crippen LogP contribution in [-0.2, 0) is 14.3 Å². The number of carbonyl (C=O) groups excluding carboxylic acids is 1. The van der Waals surface area contributed by atoms with Crippen LogP contribution in [-0.4, -0.2) is 29.2 Å². The summed E-state index contributed by atoms with van der Waals surface area (Å²) in [5.41, 5.74) is 1.34. The zero-order chi connectivity index (χ0) is 15.1. The molecule has 5 nitrogen and oxygen atoms in total. The minimum absolute atomic E-state index is 0.357. The van der Waals surface area contributed by atoms with Gasteiger partial charge in [0.05, 0.1) is 18.1 Å². The van der Waals surface area contributed by atoms with Gasteiger partial charge in [-0.3, -0.25) is 9.59 Å². The molecule has 1 aromatic rings. The molecule has 0 aliphatic carbocycles. The van der Waals surface area contributed by atoms with Gasteiger partial charge in [0.15, 0.2) is 0 Å². The molecule has 6 heteroatoms. The Labute approximate surface area is 126 Å². The Morgan fingerprint density at radius 2 is 1.90 bits per heavy atom. The van der Waals surface area contributed by atoms with Crippen LogP contribution < -0.4 is 5.32 Å². The van der Waals surface area contributed by atoms with Crippen LogP contribution in [0, 0.1) is 18.8 Å². The first-order valence-electron chi connectivity index (χ1n) is 6.61. The number of hydrogen-bond donors (Lipinski definition) is 2. The third-order valence-corrected chi connectivity index (χ3v) is 4.42. The lowest BCUT2D eigenvalue weighted by Crippen LogP contribution is -2.39. The number of anilines is 1. The predicted octanol–water partition coefficient (Wildman–Crippen LogP) is 2.24. The number of aliphatic carboxylic acids is 1. The fourth-order valence-corrected chi connectivity index (χ4v) is 3.05. The molecular formula is C15H14ClNO4. The number of carboxylic acid groups (broad SMARTS) is 1. The highest BCUT2D eigenvalue weighted by Gasteiger charge is 2.53. The Morgan fingerprint density at radius 1 is 1.24 bits per heavy atom. The van der Waals surface area contributed by atoms with Gasteiger partial charge in [0, 0.05) is 10.7 Å². The van der Waals surface area contributed by atoms with Crippen LogP contribution >= 0.6 is 11.6 Å². The molecule has 0 aromatic heterocycles. The number of rotatable bonds is 3. The van der Waals surface area contributed by atoms with Crippen molar-refractivity contribution < 1.29 is 19.4 Å². The van der Waals surface area contributed by atoms with E-state index in [4.69, 9.17) is 16.3 Å². The molecule has 3 rings (SSSR count). The maximum absolute atomic E-state index is 12.5. The maximum atomic E-state index is 12.5. The number of carbonyl (C=O) groups is 2. The quantitative estimate of drug-likeness (QED) is 0.840. The first-order valence-corrected chi connectivity index (χ1v) is 6.99. The Balaban J connectivity index is 1.84. The molecule has 0 radical (unpaired) electrons. The summed E-state index contributed by atoms with van der Waals surface area (Å²) in [6.07, 6.45) is 2.45. The van der Waals surface area contributed by atoms with Gasteiger partial charge < -0.3 is 15.2 Å². The zero-order valence-electron chi connectivity index (χ0n) is 11.2. The maximum Gasteiger partial charge on any atom is 0.310 e. The largest absolute Gasteiger partial charge is 0.481 e. The van der Waals surface area contributed by atoms with Crippen LogP contribution in [0.5, 0.6) is 0 Å². The van der Waals surface area contributed by atoms with Gasteiger partial charge in [0.2, 0.25) is 5.91 Å². The van der Waals surface area contributed by atoms with Crippen molar-refractivity contribution in [2.75, 3.05) is 5.32 Å². The van der Waals surface area contributed by atoms with Crippen molar-refractivity contribution in [1.82, 2.24) is 0 Å².